The van der Waals surface area contributed by atoms with Gasteiger partial charge in [-0.3, -0.25) is 9.59 Å². The van der Waals surface area contributed by atoms with E-state index in [0.29, 0.717) is 24.9 Å². The van der Waals surface area contributed by atoms with Gasteiger partial charge in [0.05, 0.1) is 11.4 Å². The van der Waals surface area contributed by atoms with Gasteiger partial charge in [-0.05, 0) is 45.4 Å². The maximum Gasteiger partial charge on any atom is 0.281 e. The van der Waals surface area contributed by atoms with Crippen LogP contribution in [-0.2, 0) is 24.3 Å². The topological polar surface area (TPSA) is 102 Å². The highest BCUT2D eigenvalue weighted by molar-refractivity contribution is 7.90. The van der Waals surface area contributed by atoms with Crippen molar-refractivity contribution in [3.05, 3.63) is 30.3 Å². The number of alkyl halides is 1. The number of carbonyl (C=O) groups excluding carboxylic acids is 2. The van der Waals surface area contributed by atoms with Crippen molar-refractivity contribution < 1.29 is 22.7 Å². The van der Waals surface area contributed by atoms with E-state index in [1.165, 1.54) is 45.6 Å². The fourth-order valence-corrected chi connectivity index (χ4v) is 6.23. The summed E-state index contributed by atoms with van der Waals surface area (Å²) in [6, 6.07) is 8.72. The molecule has 1 amide bonds. The highest BCUT2D eigenvalue weighted by Gasteiger charge is 2.51. The van der Waals surface area contributed by atoms with Crippen molar-refractivity contribution in [3.8, 4) is 0 Å². The first-order chi connectivity index (χ1) is 18.3. The first-order valence-corrected chi connectivity index (χ1v) is 16.4. The molecule has 39 heavy (non-hydrogen) atoms. The molecule has 0 radical (unpaired) electrons. The molecule has 0 heterocycles. The van der Waals surface area contributed by atoms with E-state index < -0.39 is 43.5 Å². The van der Waals surface area contributed by atoms with E-state index >= 15 is 0 Å². The van der Waals surface area contributed by atoms with Gasteiger partial charge in [-0.1, -0.05) is 115 Å². The number of ketones is 1. The minimum atomic E-state index is -3.49. The van der Waals surface area contributed by atoms with Crippen LogP contribution in [0.3, 0.4) is 0 Å². The van der Waals surface area contributed by atoms with E-state index in [-0.39, 0.29) is 0 Å². The lowest BCUT2D eigenvalue weighted by atomic mass is 9.86. The summed E-state index contributed by atoms with van der Waals surface area (Å²) in [5, 5.41) is -0.157. The molecular weight excluding hydrogens is 536 g/mol. The monoisotopic (exact) mass is 586 g/mol. The number of nitrogens with one attached hydrogen (secondary N) is 2. The summed E-state index contributed by atoms with van der Waals surface area (Å²) in [4.78, 5) is 26.5. The van der Waals surface area contributed by atoms with Crippen LogP contribution < -0.4 is 10.0 Å². The van der Waals surface area contributed by atoms with Gasteiger partial charge in [0.25, 0.3) is 11.0 Å². The van der Waals surface area contributed by atoms with Crippen molar-refractivity contribution in [3.63, 3.8) is 0 Å². The molecular formula is C30H51ClN2O5S. The highest BCUT2D eigenvalue weighted by Crippen LogP contribution is 2.33. The van der Waals surface area contributed by atoms with Gasteiger partial charge in [0.15, 0.2) is 5.78 Å². The Kier molecular flexibility index (Phi) is 15.8. The number of Topliss-reactive ketones (excluding diaryl/α,β-unsaturated/α-hetero) is 1. The van der Waals surface area contributed by atoms with Crippen LogP contribution in [0.4, 0.5) is 5.69 Å². The second-order valence-corrected chi connectivity index (χ2v) is 14.2. The molecule has 0 saturated carbocycles. The molecule has 0 aromatic heterocycles. The third-order valence-electron chi connectivity index (χ3n) is 6.91. The molecule has 3 atom stereocenters. The van der Waals surface area contributed by atoms with Gasteiger partial charge in [0, 0.05) is 11.1 Å². The molecule has 0 spiro atoms. The number of para-hydroxylation sites is 1. The number of sulfonamides is 1. The van der Waals surface area contributed by atoms with Crippen LogP contribution in [0.5, 0.6) is 0 Å². The van der Waals surface area contributed by atoms with Gasteiger partial charge >= 0.3 is 0 Å². The van der Waals surface area contributed by atoms with Crippen LogP contribution in [0.15, 0.2) is 30.3 Å². The summed E-state index contributed by atoms with van der Waals surface area (Å²) in [5.41, 5.74) is -0.449. The zero-order chi connectivity index (χ0) is 29.5. The molecule has 0 aliphatic carbocycles. The fraction of sp³-hybridized carbons (Fsp3) is 0.733. The van der Waals surface area contributed by atoms with Crippen LogP contribution >= 0.6 is 11.6 Å². The molecule has 1 aromatic rings. The van der Waals surface area contributed by atoms with Crippen molar-refractivity contribution >= 4 is 39.0 Å². The van der Waals surface area contributed by atoms with Crippen LogP contribution in [0.2, 0.25) is 0 Å². The highest BCUT2D eigenvalue weighted by atomic mass is 35.5. The number of halogens is 1. The third kappa shape index (κ3) is 12.7. The van der Waals surface area contributed by atoms with Crippen molar-refractivity contribution in [2.24, 2.45) is 5.41 Å². The Morgan fingerprint density at radius 1 is 0.897 bits per heavy atom. The van der Waals surface area contributed by atoms with Crippen LogP contribution in [-0.4, -0.2) is 43.6 Å². The Labute approximate surface area is 242 Å². The van der Waals surface area contributed by atoms with Gasteiger partial charge < -0.3 is 10.1 Å². The molecule has 9 heteroatoms. The predicted octanol–water partition coefficient (Wildman–Crippen LogP) is 7.20. The number of ether oxygens (including phenoxy) is 1. The smallest absolute Gasteiger partial charge is 0.281 e. The first kappa shape index (κ1) is 35.5. The first-order valence-electron chi connectivity index (χ1n) is 14.5. The number of hydrogen-bond acceptors (Lipinski definition) is 5. The van der Waals surface area contributed by atoms with E-state index in [9.17, 15) is 18.0 Å². The van der Waals surface area contributed by atoms with Crippen LogP contribution in [0, 0.1) is 5.41 Å². The lowest BCUT2D eigenvalue weighted by Crippen LogP contribution is -2.53. The number of carbonyl (C=O) groups is 2. The van der Waals surface area contributed by atoms with E-state index in [0.717, 1.165) is 19.3 Å². The van der Waals surface area contributed by atoms with Gasteiger partial charge in [-0.25, -0.2) is 13.1 Å². The Morgan fingerprint density at radius 3 is 1.95 bits per heavy atom. The number of anilines is 1. The van der Waals surface area contributed by atoms with Crippen LogP contribution in [0.25, 0.3) is 0 Å². The minimum absolute atomic E-state index is 0.327. The molecule has 0 bridgehead atoms. The molecule has 0 aliphatic heterocycles. The molecule has 1 rings (SSSR count). The standard InChI is InChI=1S/C30H51ClN2O5S/c1-7-8-9-10-11-12-13-14-18-21-26(39(36,37)32-6)23-22-24(2)38-30(31,27(34)29(3,4)5)28(35)33-25-19-16-15-17-20-25/h15-17,19-20,24,26,32H,7-14,18,21-23H2,1-6H3,(H,33,35). The van der Waals surface area contributed by atoms with Crippen molar-refractivity contribution in [2.45, 2.75) is 128 Å². The summed E-state index contributed by atoms with van der Waals surface area (Å²) in [6.45, 7) is 8.96. The maximum atomic E-state index is 13.3. The molecule has 0 aliphatic rings. The van der Waals surface area contributed by atoms with Gasteiger partial charge in [-0.15, -0.1) is 0 Å². The Balaban J connectivity index is 2.79. The Morgan fingerprint density at radius 2 is 1.44 bits per heavy atom. The van der Waals surface area contributed by atoms with Crippen LogP contribution in [0.1, 0.15) is 112 Å². The Bertz CT molecular complexity index is 965. The third-order valence-corrected chi connectivity index (χ3v) is 9.26. The second kappa shape index (κ2) is 17.4. The summed E-state index contributed by atoms with van der Waals surface area (Å²) in [5.74, 6) is -1.33. The SMILES string of the molecule is CCCCCCCCCCCC(CCC(C)OC(Cl)(C(=O)Nc1ccccc1)C(=O)C(C)(C)C)S(=O)(=O)NC. The maximum absolute atomic E-state index is 13.3. The lowest BCUT2D eigenvalue weighted by Gasteiger charge is -2.33. The number of hydrogen-bond donors (Lipinski definition) is 2. The number of unbranched alkanes of at least 4 members (excludes halogenated alkanes) is 8. The largest absolute Gasteiger partial charge is 0.342 e. The number of benzene rings is 1. The van der Waals surface area contributed by atoms with Gasteiger partial charge in [-0.2, -0.15) is 0 Å². The number of amides is 1. The van der Waals surface area contributed by atoms with E-state index in [2.05, 4.69) is 17.0 Å². The average molecular weight is 587 g/mol. The normalized spacial score (nSPS) is 15.4. The molecule has 0 fully saturated rings. The van der Waals surface area contributed by atoms with E-state index in [4.69, 9.17) is 16.3 Å². The summed E-state index contributed by atoms with van der Waals surface area (Å²) < 4.78 is 33.8. The van der Waals surface area contributed by atoms with Crippen molar-refractivity contribution in [2.75, 3.05) is 12.4 Å². The molecule has 1 aromatic carbocycles. The second-order valence-electron chi connectivity index (χ2n) is 11.5. The van der Waals surface area contributed by atoms with Gasteiger partial charge in [0.2, 0.25) is 10.0 Å². The summed E-state index contributed by atoms with van der Waals surface area (Å²) >= 11 is 6.66. The molecule has 0 saturated heterocycles. The quantitative estimate of drug-likeness (QED) is 0.0955. The summed E-state index contributed by atoms with van der Waals surface area (Å²) in [7, 11) is -2.06. The predicted molar refractivity (Wildman–Crippen MR) is 162 cm³/mol. The fourth-order valence-electron chi connectivity index (χ4n) is 4.49. The molecule has 2 N–H and O–H groups in total. The van der Waals surface area contributed by atoms with Crippen molar-refractivity contribution in [1.29, 1.82) is 0 Å². The molecule has 3 unspecified atom stereocenters. The van der Waals surface area contributed by atoms with Crippen molar-refractivity contribution in [1.82, 2.24) is 4.72 Å². The minimum Gasteiger partial charge on any atom is -0.342 e. The Hall–Kier alpha value is -1.48. The molecule has 224 valence electrons. The lowest BCUT2D eigenvalue weighted by molar-refractivity contribution is -0.156. The van der Waals surface area contributed by atoms with E-state index in [1.54, 1.807) is 52.0 Å². The van der Waals surface area contributed by atoms with E-state index in [1.807, 2.05) is 6.07 Å². The zero-order valence-corrected chi connectivity index (χ0v) is 26.4. The van der Waals surface area contributed by atoms with Gasteiger partial charge in [0.1, 0.15) is 0 Å². The number of rotatable bonds is 20. The average Bonchev–Trinajstić information content (AvgIpc) is 2.88. The zero-order valence-electron chi connectivity index (χ0n) is 24.9. The summed E-state index contributed by atoms with van der Waals surface area (Å²) in [6.07, 6.45) is 11.0. The molecule has 7 nitrogen and oxygen atoms in total.